The topological polar surface area (TPSA) is 481 Å². The summed E-state index contributed by atoms with van der Waals surface area (Å²) >= 11 is 0. The van der Waals surface area contributed by atoms with Crippen LogP contribution in [0.15, 0.2) is 121 Å². The molecule has 11 amide bonds. The maximum Gasteiger partial charge on any atom is 0.331 e. The molecular formula is C75H94N12O20. The number of amides is 11. The van der Waals surface area contributed by atoms with E-state index in [0.29, 0.717) is 33.3 Å². The number of esters is 1. The zero-order valence-corrected chi connectivity index (χ0v) is 60.6. The molecule has 32 nitrogen and oxygen atoms in total. The third kappa shape index (κ3) is 22.4. The summed E-state index contributed by atoms with van der Waals surface area (Å²) in [6.07, 6.45) is -2.94. The number of aliphatic hydroxyl groups excluding tert-OH is 4. The van der Waals surface area contributed by atoms with E-state index in [4.69, 9.17) is 9.47 Å². The molecule has 574 valence electrons. The first-order valence-corrected chi connectivity index (χ1v) is 34.9. The highest BCUT2D eigenvalue weighted by atomic mass is 16.5. The third-order valence-corrected chi connectivity index (χ3v) is 18.2. The van der Waals surface area contributed by atoms with Crippen LogP contribution >= 0.6 is 0 Å². The number of aliphatic hydroxyl groups is 4. The van der Waals surface area contributed by atoms with Gasteiger partial charge in [-0.2, -0.15) is 0 Å². The van der Waals surface area contributed by atoms with Crippen LogP contribution in [0.3, 0.4) is 0 Å². The van der Waals surface area contributed by atoms with E-state index < -0.39 is 193 Å². The van der Waals surface area contributed by atoms with Gasteiger partial charge in [-0.1, -0.05) is 125 Å². The summed E-state index contributed by atoms with van der Waals surface area (Å²) in [5.41, 5.74) is 2.37. The molecule has 0 spiro atoms. The van der Waals surface area contributed by atoms with Crippen molar-refractivity contribution >= 4 is 100.0 Å². The van der Waals surface area contributed by atoms with E-state index in [9.17, 15) is 78.3 Å². The lowest BCUT2D eigenvalue weighted by molar-refractivity contribution is -0.160. The highest BCUT2D eigenvalue weighted by molar-refractivity contribution is 6.01. The number of carboxylic acids is 1. The Morgan fingerprint density at radius 3 is 1.88 bits per heavy atom. The van der Waals surface area contributed by atoms with Crippen molar-refractivity contribution in [2.75, 3.05) is 20.2 Å². The molecule has 107 heavy (non-hydrogen) atoms. The van der Waals surface area contributed by atoms with Gasteiger partial charge in [-0.25, -0.2) is 4.79 Å². The molecule has 0 bridgehead atoms. The van der Waals surface area contributed by atoms with Crippen LogP contribution in [0.1, 0.15) is 115 Å². The average molecular weight is 1480 g/mol. The number of aliphatic carboxylic acids is 1. The van der Waals surface area contributed by atoms with Gasteiger partial charge in [-0.3, -0.25) is 57.5 Å². The van der Waals surface area contributed by atoms with Gasteiger partial charge < -0.3 is 98.1 Å². The summed E-state index contributed by atoms with van der Waals surface area (Å²) in [5.74, 6) is -18.7. The highest BCUT2D eigenvalue weighted by Crippen LogP contribution is 2.28. The summed E-state index contributed by atoms with van der Waals surface area (Å²) in [7, 11) is 1.38. The van der Waals surface area contributed by atoms with Crippen molar-refractivity contribution in [3.8, 4) is 5.75 Å². The van der Waals surface area contributed by atoms with E-state index in [1.165, 1.54) is 81.8 Å². The second-order valence-electron chi connectivity index (χ2n) is 26.9. The SMILES string of the molecule is C/C=C\c1ccccc1/C=C/C(=O)N[C@@H]1C(=O)N[C@@H](C)C(=O)N[C@@H](C(C)C(=O)O)C(=O)NCC(=O)N[C@@H](C(O)c2ccccc2)C(=O)N2CCC[C@H]2C(=O)N[C@@H](C(O)c2ccc(OC)cc2)C(=O)N[C@@H](Cc2c[nH]c3ccccc23)C(=O)NC(O)C(=O)N[C@@H](CC(C)C)C(=O)N[C@@H](C(O)C(C)C)C(=O)O[C@@H]1C. The van der Waals surface area contributed by atoms with Gasteiger partial charge in [0.2, 0.25) is 65.3 Å². The second kappa shape index (κ2) is 38.6. The number of nitrogens with one attached hydrogen (secondary N) is 11. The molecule has 3 heterocycles. The Kier molecular flexibility index (Phi) is 29.9. The second-order valence-corrected chi connectivity index (χ2v) is 26.9. The van der Waals surface area contributed by atoms with E-state index >= 15 is 9.59 Å². The molecule has 2 aliphatic heterocycles. The van der Waals surface area contributed by atoms with Crippen LogP contribution in [-0.4, -0.2) is 205 Å². The first kappa shape index (κ1) is 82.9. The van der Waals surface area contributed by atoms with E-state index in [1.54, 1.807) is 87.5 Å². The molecule has 7 rings (SSSR count). The number of rotatable bonds is 17. The fourth-order valence-electron chi connectivity index (χ4n) is 12.1. The molecule has 2 aliphatic rings. The number of aromatic amines is 1. The van der Waals surface area contributed by atoms with Crippen LogP contribution in [0.5, 0.6) is 5.75 Å². The Morgan fingerprint density at radius 1 is 0.636 bits per heavy atom. The summed E-state index contributed by atoms with van der Waals surface area (Å²) in [6, 6.07) is 10.3. The third-order valence-electron chi connectivity index (χ3n) is 18.2. The Morgan fingerprint density at radius 2 is 1.23 bits per heavy atom. The van der Waals surface area contributed by atoms with E-state index in [-0.39, 0.29) is 36.9 Å². The largest absolute Gasteiger partial charge is 0.497 e. The molecule has 32 heteroatoms. The monoisotopic (exact) mass is 1480 g/mol. The number of methoxy groups -OCH3 is 1. The first-order valence-electron chi connectivity index (χ1n) is 34.9. The van der Waals surface area contributed by atoms with Crippen molar-refractivity contribution in [1.82, 2.24) is 63.1 Å². The first-order chi connectivity index (χ1) is 50.8. The number of H-pyrrole nitrogens is 1. The molecule has 2 fully saturated rings. The molecule has 0 saturated carbocycles. The van der Waals surface area contributed by atoms with Gasteiger partial charge in [0.05, 0.1) is 25.7 Å². The number of aromatic nitrogens is 1. The molecule has 5 unspecified atom stereocenters. The minimum atomic E-state index is -2.52. The van der Waals surface area contributed by atoms with Crippen LogP contribution in [0.4, 0.5) is 0 Å². The number of hydrogen-bond acceptors (Lipinski definition) is 19. The number of nitrogens with zero attached hydrogens (tertiary/aromatic N) is 1. The predicted molar refractivity (Wildman–Crippen MR) is 387 cm³/mol. The number of carbonyl (C=O) groups is 13. The summed E-state index contributed by atoms with van der Waals surface area (Å²) < 4.78 is 11.1. The number of cyclic esters (lactones) is 1. The fraction of sp³-hybridized carbons (Fsp3) is 0.427. The zero-order valence-electron chi connectivity index (χ0n) is 60.6. The normalized spacial score (nSPS) is 24.8. The van der Waals surface area contributed by atoms with Crippen LogP contribution in [0.25, 0.3) is 23.1 Å². The van der Waals surface area contributed by atoms with Crippen molar-refractivity contribution in [2.45, 2.75) is 166 Å². The lowest BCUT2D eigenvalue weighted by Gasteiger charge is -2.33. The van der Waals surface area contributed by atoms with Crippen molar-refractivity contribution in [3.63, 3.8) is 0 Å². The van der Waals surface area contributed by atoms with Crippen LogP contribution in [0, 0.1) is 17.8 Å². The standard InChI is InChI=1S/C75H94N12O20/c1-10-19-43-20-14-15-21-44(43)29-32-54(88)81-57-42(8)107-75(105)60(61(90)39(4)5)85-65(94)51(34-38(2)3)80-71(100)72(101)86-66(95)52(35-47-36-76-50-25-17-16-24-49(47)50)79-70(99)58(62(91)46-27-30-48(106-9)31-28-46)84-67(96)53-26-18-33-87(53)73(102)59(63(92)45-22-12-11-13-23-45)82-55(89)37-77-68(97)56(40(6)74(103)104)83-64(93)41(7)78-69(57)98/h10-17,19-25,27-32,36,38-42,51-53,56-63,72,76,90-92,101H,18,26,33-35,37H2,1-9H3,(H,77,97)(H,78,98)(H,79,99)(H,80,100)(H,81,88)(H,82,89)(H,83,93)(H,84,96)(H,85,94)(H,86,95)(H,103,104)/b19-10-,32-29+/t40?,41-,42+,51-,52-,53-,56-,57-,58-,59-,60-,61?,62?,63?,72?/m0/s1. The van der Waals surface area contributed by atoms with Crippen molar-refractivity contribution in [2.24, 2.45) is 17.8 Å². The maximum atomic E-state index is 15.1. The summed E-state index contributed by atoms with van der Waals surface area (Å²) in [4.78, 5) is 191. The smallest absolute Gasteiger partial charge is 0.331 e. The van der Waals surface area contributed by atoms with Crippen molar-refractivity contribution in [1.29, 1.82) is 0 Å². The zero-order chi connectivity index (χ0) is 78.5. The fourth-order valence-corrected chi connectivity index (χ4v) is 12.1. The number of para-hydroxylation sites is 1. The molecule has 4 aromatic carbocycles. The molecule has 0 radical (unpaired) electrons. The Hall–Kier alpha value is -11.4. The highest BCUT2D eigenvalue weighted by Gasteiger charge is 2.45. The van der Waals surface area contributed by atoms with Crippen LogP contribution in [0.2, 0.25) is 0 Å². The van der Waals surface area contributed by atoms with Gasteiger partial charge in [0.15, 0.2) is 6.04 Å². The number of carboxylic acid groups (broad SMARTS) is 1. The maximum absolute atomic E-state index is 15.1. The molecule has 15 atom stereocenters. The van der Waals surface area contributed by atoms with E-state index in [1.807, 2.05) is 0 Å². The van der Waals surface area contributed by atoms with Gasteiger partial charge in [0.25, 0.3) is 5.91 Å². The van der Waals surface area contributed by atoms with Crippen molar-refractivity contribution in [3.05, 3.63) is 149 Å². The minimum Gasteiger partial charge on any atom is -0.497 e. The summed E-state index contributed by atoms with van der Waals surface area (Å²) in [6.45, 7) is 10.1. The minimum absolute atomic E-state index is 0.0253. The van der Waals surface area contributed by atoms with Crippen LogP contribution in [-0.2, 0) is 73.5 Å². The van der Waals surface area contributed by atoms with E-state index in [0.717, 1.165) is 31.7 Å². The number of ether oxygens (including phenoxy) is 2. The number of hydrogen-bond donors (Lipinski definition) is 16. The van der Waals surface area contributed by atoms with Gasteiger partial charge in [0.1, 0.15) is 72.4 Å². The van der Waals surface area contributed by atoms with Gasteiger partial charge >= 0.3 is 11.9 Å². The predicted octanol–water partition coefficient (Wildman–Crippen LogP) is 0.102. The Balaban J connectivity index is 1.30. The number of carbonyl (C=O) groups excluding carboxylic acids is 12. The molecule has 1 aromatic heterocycles. The quantitative estimate of drug-likeness (QED) is 0.0434. The number of fused-ring (bicyclic) bond motifs is 2. The number of allylic oxidation sites excluding steroid dienone is 1. The van der Waals surface area contributed by atoms with Crippen LogP contribution < -0.4 is 57.9 Å². The van der Waals surface area contributed by atoms with Gasteiger partial charge in [-0.15, -0.1) is 0 Å². The molecule has 2 saturated heterocycles. The summed E-state index contributed by atoms with van der Waals surface area (Å²) in [5, 5.41) is 81.9. The van der Waals surface area contributed by atoms with Crippen molar-refractivity contribution < 1.29 is 97.3 Å². The van der Waals surface area contributed by atoms with E-state index in [2.05, 4.69) is 58.2 Å². The number of benzene rings is 4. The molecule has 0 aliphatic carbocycles. The Bertz CT molecular complexity index is 4090. The average Bonchev–Trinajstić information content (AvgIpc) is 1.63. The van der Waals surface area contributed by atoms with Gasteiger partial charge in [-0.05, 0) is 111 Å². The van der Waals surface area contributed by atoms with Gasteiger partial charge in [0, 0.05) is 36.1 Å². The molecule has 5 aromatic rings. The molecular weight excluding hydrogens is 1390 g/mol. The lowest BCUT2D eigenvalue weighted by Crippen LogP contribution is -2.62. The Labute approximate surface area is 617 Å². The molecule has 16 N–H and O–H groups in total. The lowest BCUT2D eigenvalue weighted by atomic mass is 9.97.